The van der Waals surface area contributed by atoms with Crippen molar-refractivity contribution in [1.82, 2.24) is 4.98 Å². The molecule has 0 fully saturated rings. The second kappa shape index (κ2) is 5.09. The Labute approximate surface area is 98.9 Å². The number of ether oxygens (including phenoxy) is 1. The lowest BCUT2D eigenvalue weighted by Crippen LogP contribution is -2.13. The summed E-state index contributed by atoms with van der Waals surface area (Å²) < 4.78 is 5.55. The fourth-order valence-corrected chi connectivity index (χ4v) is 2.20. The molecule has 0 aliphatic rings. The van der Waals surface area contributed by atoms with Gasteiger partial charge in [0.1, 0.15) is 10.8 Å². The molecular formula is C12H14N2OS. The maximum Gasteiger partial charge on any atom is 0.124 e. The summed E-state index contributed by atoms with van der Waals surface area (Å²) in [5, 5.41) is 2.84. The lowest BCUT2D eigenvalue weighted by Gasteiger charge is -2.14. The minimum absolute atomic E-state index is 0.206. The van der Waals surface area contributed by atoms with Crippen LogP contribution in [0.15, 0.2) is 35.8 Å². The lowest BCUT2D eigenvalue weighted by atomic mass is 10.1. The number of hydrogen-bond acceptors (Lipinski definition) is 4. The van der Waals surface area contributed by atoms with E-state index in [0.717, 1.165) is 16.3 Å². The SMILES string of the molecule is CCOc1ccccc1C(N)c1nccs1. The molecule has 1 aromatic carbocycles. The summed E-state index contributed by atoms with van der Waals surface area (Å²) >= 11 is 1.56. The molecule has 2 aromatic rings. The van der Waals surface area contributed by atoms with E-state index >= 15 is 0 Å². The molecule has 0 radical (unpaired) electrons. The normalized spacial score (nSPS) is 12.4. The summed E-state index contributed by atoms with van der Waals surface area (Å²) in [5.74, 6) is 0.840. The van der Waals surface area contributed by atoms with Crippen LogP contribution >= 0.6 is 11.3 Å². The molecule has 0 aliphatic heterocycles. The van der Waals surface area contributed by atoms with E-state index in [1.54, 1.807) is 17.5 Å². The van der Waals surface area contributed by atoms with Crippen molar-refractivity contribution in [2.24, 2.45) is 5.73 Å². The number of benzene rings is 1. The fraction of sp³-hybridized carbons (Fsp3) is 0.250. The Morgan fingerprint density at radius 1 is 1.44 bits per heavy atom. The molecule has 2 rings (SSSR count). The third kappa shape index (κ3) is 2.23. The van der Waals surface area contributed by atoms with E-state index in [0.29, 0.717) is 6.61 Å². The molecule has 4 heteroatoms. The van der Waals surface area contributed by atoms with Crippen LogP contribution in [0.5, 0.6) is 5.75 Å². The van der Waals surface area contributed by atoms with Gasteiger partial charge in [-0.3, -0.25) is 0 Å². The van der Waals surface area contributed by atoms with Gasteiger partial charge < -0.3 is 10.5 Å². The summed E-state index contributed by atoms with van der Waals surface area (Å²) in [4.78, 5) is 4.23. The summed E-state index contributed by atoms with van der Waals surface area (Å²) in [6, 6.07) is 7.63. The van der Waals surface area contributed by atoms with Crippen LogP contribution in [-0.2, 0) is 0 Å². The van der Waals surface area contributed by atoms with Crippen LogP contribution in [0.3, 0.4) is 0 Å². The molecule has 84 valence electrons. The molecule has 0 saturated heterocycles. The molecule has 0 aliphatic carbocycles. The van der Waals surface area contributed by atoms with E-state index in [4.69, 9.17) is 10.5 Å². The number of nitrogens with two attached hydrogens (primary N) is 1. The van der Waals surface area contributed by atoms with Gasteiger partial charge in [0.05, 0.1) is 12.6 Å². The van der Waals surface area contributed by atoms with E-state index < -0.39 is 0 Å². The second-order valence-electron chi connectivity index (χ2n) is 3.32. The second-order valence-corrected chi connectivity index (χ2v) is 4.24. The van der Waals surface area contributed by atoms with E-state index in [1.165, 1.54) is 0 Å². The average Bonchev–Trinajstić information content (AvgIpc) is 2.83. The molecule has 2 N–H and O–H groups in total. The van der Waals surface area contributed by atoms with Crippen molar-refractivity contribution in [1.29, 1.82) is 0 Å². The lowest BCUT2D eigenvalue weighted by molar-refractivity contribution is 0.335. The van der Waals surface area contributed by atoms with Gasteiger partial charge in [0.2, 0.25) is 0 Å². The number of aromatic nitrogens is 1. The third-order valence-electron chi connectivity index (χ3n) is 2.27. The standard InChI is InChI=1S/C12H14N2OS/c1-2-15-10-6-4-3-5-9(10)11(13)12-14-7-8-16-12/h3-8,11H,2,13H2,1H3. The molecular weight excluding hydrogens is 220 g/mol. The summed E-state index contributed by atoms with van der Waals surface area (Å²) in [6.07, 6.45) is 1.77. The molecule has 16 heavy (non-hydrogen) atoms. The zero-order chi connectivity index (χ0) is 11.4. The molecule has 1 aromatic heterocycles. The molecule has 1 unspecified atom stereocenters. The Morgan fingerprint density at radius 3 is 2.94 bits per heavy atom. The predicted octanol–water partition coefficient (Wildman–Crippen LogP) is 2.59. The minimum atomic E-state index is -0.206. The van der Waals surface area contributed by atoms with Crippen LogP contribution in [-0.4, -0.2) is 11.6 Å². The molecule has 1 atom stereocenters. The van der Waals surface area contributed by atoms with Gasteiger partial charge in [0.15, 0.2) is 0 Å². The van der Waals surface area contributed by atoms with Gasteiger partial charge in [-0.15, -0.1) is 11.3 Å². The maximum absolute atomic E-state index is 6.16. The van der Waals surface area contributed by atoms with Gasteiger partial charge in [-0.2, -0.15) is 0 Å². The van der Waals surface area contributed by atoms with Crippen molar-refractivity contribution in [3.8, 4) is 5.75 Å². The Hall–Kier alpha value is -1.39. The van der Waals surface area contributed by atoms with Crippen molar-refractivity contribution in [2.45, 2.75) is 13.0 Å². The molecule has 0 spiro atoms. The zero-order valence-electron chi connectivity index (χ0n) is 9.09. The largest absolute Gasteiger partial charge is 0.494 e. The van der Waals surface area contributed by atoms with Crippen LogP contribution in [0.4, 0.5) is 0 Å². The number of nitrogens with zero attached hydrogens (tertiary/aromatic N) is 1. The Kier molecular flexibility index (Phi) is 3.54. The van der Waals surface area contributed by atoms with Crippen LogP contribution in [0.25, 0.3) is 0 Å². The first kappa shape index (κ1) is 11.1. The number of rotatable bonds is 4. The van der Waals surface area contributed by atoms with Crippen LogP contribution in [0.1, 0.15) is 23.5 Å². The Balaban J connectivity index is 2.32. The quantitative estimate of drug-likeness (QED) is 0.884. The summed E-state index contributed by atoms with van der Waals surface area (Å²) in [7, 11) is 0. The van der Waals surface area contributed by atoms with Gasteiger partial charge >= 0.3 is 0 Å². The van der Waals surface area contributed by atoms with Crippen molar-refractivity contribution in [3.63, 3.8) is 0 Å². The summed E-state index contributed by atoms with van der Waals surface area (Å²) in [5.41, 5.74) is 7.15. The number of thiazole rings is 1. The van der Waals surface area contributed by atoms with Gasteiger partial charge in [0, 0.05) is 17.1 Å². The van der Waals surface area contributed by atoms with Gasteiger partial charge in [-0.05, 0) is 13.0 Å². The van der Waals surface area contributed by atoms with Crippen molar-refractivity contribution in [3.05, 3.63) is 46.4 Å². The first-order chi connectivity index (χ1) is 7.83. The van der Waals surface area contributed by atoms with E-state index in [9.17, 15) is 0 Å². The zero-order valence-corrected chi connectivity index (χ0v) is 9.91. The minimum Gasteiger partial charge on any atom is -0.494 e. The first-order valence-corrected chi connectivity index (χ1v) is 6.07. The molecule has 0 saturated carbocycles. The van der Waals surface area contributed by atoms with E-state index in [-0.39, 0.29) is 6.04 Å². The molecule has 3 nitrogen and oxygen atoms in total. The van der Waals surface area contributed by atoms with Gasteiger partial charge in [0.25, 0.3) is 0 Å². The monoisotopic (exact) mass is 234 g/mol. The van der Waals surface area contributed by atoms with Crippen LogP contribution in [0, 0.1) is 0 Å². The van der Waals surface area contributed by atoms with Crippen LogP contribution < -0.4 is 10.5 Å². The highest BCUT2D eigenvalue weighted by Gasteiger charge is 2.15. The van der Waals surface area contributed by atoms with Crippen molar-refractivity contribution in [2.75, 3.05) is 6.61 Å². The topological polar surface area (TPSA) is 48.1 Å². The van der Waals surface area contributed by atoms with Crippen molar-refractivity contribution < 1.29 is 4.74 Å². The average molecular weight is 234 g/mol. The fourth-order valence-electron chi connectivity index (χ4n) is 1.55. The van der Waals surface area contributed by atoms with Crippen molar-refractivity contribution >= 4 is 11.3 Å². The highest BCUT2D eigenvalue weighted by Crippen LogP contribution is 2.28. The molecule has 1 heterocycles. The smallest absolute Gasteiger partial charge is 0.124 e. The highest BCUT2D eigenvalue weighted by atomic mass is 32.1. The summed E-state index contributed by atoms with van der Waals surface area (Å²) in [6.45, 7) is 2.60. The first-order valence-electron chi connectivity index (χ1n) is 5.19. The molecule has 0 bridgehead atoms. The van der Waals surface area contributed by atoms with Gasteiger partial charge in [-0.25, -0.2) is 4.98 Å². The maximum atomic E-state index is 6.16. The number of hydrogen-bond donors (Lipinski definition) is 1. The Bertz CT molecular complexity index is 442. The van der Waals surface area contributed by atoms with E-state index in [2.05, 4.69) is 4.98 Å². The predicted molar refractivity (Wildman–Crippen MR) is 65.8 cm³/mol. The van der Waals surface area contributed by atoms with Gasteiger partial charge in [-0.1, -0.05) is 18.2 Å². The molecule has 0 amide bonds. The highest BCUT2D eigenvalue weighted by molar-refractivity contribution is 7.09. The third-order valence-corrected chi connectivity index (χ3v) is 3.13. The van der Waals surface area contributed by atoms with E-state index in [1.807, 2.05) is 36.6 Å². The van der Waals surface area contributed by atoms with Crippen LogP contribution in [0.2, 0.25) is 0 Å². The number of para-hydroxylation sites is 1. The Morgan fingerprint density at radius 2 is 2.25 bits per heavy atom.